The first-order valence-corrected chi connectivity index (χ1v) is 5.56. The molecule has 0 amide bonds. The standard InChI is InChI=1S/C13H18FNO/c1-13(2)8(7-15)12(13)11-9(14)5-4-6-10(11)16-3/h4-6,8,12H,7,15H2,1-3H3. The van der Waals surface area contributed by atoms with Crippen molar-refractivity contribution in [2.45, 2.75) is 19.8 Å². The van der Waals surface area contributed by atoms with E-state index in [4.69, 9.17) is 10.5 Å². The number of ether oxygens (including phenoxy) is 1. The van der Waals surface area contributed by atoms with Crippen LogP contribution in [0, 0.1) is 17.2 Å². The van der Waals surface area contributed by atoms with Crippen LogP contribution in [0.3, 0.4) is 0 Å². The molecule has 2 nitrogen and oxygen atoms in total. The molecular weight excluding hydrogens is 205 g/mol. The molecular formula is C13H18FNO. The molecule has 16 heavy (non-hydrogen) atoms. The molecule has 1 aromatic carbocycles. The Morgan fingerprint density at radius 3 is 2.62 bits per heavy atom. The first kappa shape index (κ1) is 11.4. The van der Waals surface area contributed by atoms with Gasteiger partial charge in [-0.05, 0) is 30.0 Å². The van der Waals surface area contributed by atoms with Crippen molar-refractivity contribution in [3.63, 3.8) is 0 Å². The molecule has 1 saturated carbocycles. The fourth-order valence-electron chi connectivity index (χ4n) is 2.75. The molecule has 1 aliphatic carbocycles. The van der Waals surface area contributed by atoms with Crippen LogP contribution < -0.4 is 10.5 Å². The van der Waals surface area contributed by atoms with Gasteiger partial charge in [0.05, 0.1) is 7.11 Å². The Morgan fingerprint density at radius 1 is 1.44 bits per heavy atom. The first-order chi connectivity index (χ1) is 7.54. The lowest BCUT2D eigenvalue weighted by molar-refractivity contribution is 0.402. The van der Waals surface area contributed by atoms with Crippen molar-refractivity contribution in [1.29, 1.82) is 0 Å². The summed E-state index contributed by atoms with van der Waals surface area (Å²) in [6.07, 6.45) is 0. The van der Waals surface area contributed by atoms with E-state index in [-0.39, 0.29) is 17.2 Å². The second kappa shape index (κ2) is 3.74. The summed E-state index contributed by atoms with van der Waals surface area (Å²) in [5, 5.41) is 0. The summed E-state index contributed by atoms with van der Waals surface area (Å²) in [7, 11) is 1.57. The molecule has 0 radical (unpaired) electrons. The van der Waals surface area contributed by atoms with Crippen molar-refractivity contribution >= 4 is 0 Å². The maximum absolute atomic E-state index is 13.9. The third-order valence-corrected chi connectivity index (χ3v) is 3.85. The van der Waals surface area contributed by atoms with Crippen LogP contribution in [0.5, 0.6) is 5.75 Å². The fourth-order valence-corrected chi connectivity index (χ4v) is 2.75. The highest BCUT2D eigenvalue weighted by molar-refractivity contribution is 5.43. The van der Waals surface area contributed by atoms with Gasteiger partial charge in [0.2, 0.25) is 0 Å². The van der Waals surface area contributed by atoms with Crippen molar-refractivity contribution in [3.05, 3.63) is 29.6 Å². The minimum Gasteiger partial charge on any atom is -0.496 e. The summed E-state index contributed by atoms with van der Waals surface area (Å²) in [5.74, 6) is 0.967. The Kier molecular flexibility index (Phi) is 2.66. The van der Waals surface area contributed by atoms with Crippen LogP contribution in [0.4, 0.5) is 4.39 Å². The fraction of sp³-hybridized carbons (Fsp3) is 0.538. The monoisotopic (exact) mass is 223 g/mol. The molecule has 2 unspecified atom stereocenters. The van der Waals surface area contributed by atoms with E-state index in [9.17, 15) is 4.39 Å². The minimum absolute atomic E-state index is 0.0736. The summed E-state index contributed by atoms with van der Waals surface area (Å²) in [5.41, 5.74) is 6.47. The van der Waals surface area contributed by atoms with Crippen LogP contribution in [-0.4, -0.2) is 13.7 Å². The highest BCUT2D eigenvalue weighted by atomic mass is 19.1. The summed E-state index contributed by atoms with van der Waals surface area (Å²) in [4.78, 5) is 0. The summed E-state index contributed by atoms with van der Waals surface area (Å²) in [6, 6.07) is 4.96. The molecule has 1 fully saturated rings. The molecule has 2 rings (SSSR count). The third kappa shape index (κ3) is 1.50. The average molecular weight is 223 g/mol. The second-order valence-corrected chi connectivity index (χ2v) is 5.00. The molecule has 0 aliphatic heterocycles. The van der Waals surface area contributed by atoms with Crippen LogP contribution in [0.1, 0.15) is 25.3 Å². The molecule has 3 heteroatoms. The lowest BCUT2D eigenvalue weighted by Crippen LogP contribution is -2.05. The lowest BCUT2D eigenvalue weighted by Gasteiger charge is -2.10. The normalized spacial score (nSPS) is 26.6. The predicted octanol–water partition coefficient (Wildman–Crippen LogP) is 2.53. The summed E-state index contributed by atoms with van der Waals surface area (Å²) >= 11 is 0. The molecule has 0 spiro atoms. The van der Waals surface area contributed by atoms with Gasteiger partial charge < -0.3 is 10.5 Å². The van der Waals surface area contributed by atoms with Crippen LogP contribution in [0.25, 0.3) is 0 Å². The van der Waals surface area contributed by atoms with Gasteiger partial charge in [0.25, 0.3) is 0 Å². The zero-order valence-corrected chi connectivity index (χ0v) is 9.96. The van der Waals surface area contributed by atoms with Gasteiger partial charge in [-0.15, -0.1) is 0 Å². The van der Waals surface area contributed by atoms with Crippen molar-refractivity contribution < 1.29 is 9.13 Å². The lowest BCUT2D eigenvalue weighted by atomic mass is 10.0. The zero-order valence-electron chi connectivity index (χ0n) is 9.96. The Balaban J connectivity index is 2.42. The summed E-state index contributed by atoms with van der Waals surface area (Å²) < 4.78 is 19.1. The maximum atomic E-state index is 13.9. The molecule has 88 valence electrons. The molecule has 0 saturated heterocycles. The van der Waals surface area contributed by atoms with Gasteiger partial charge in [-0.3, -0.25) is 0 Å². The van der Waals surface area contributed by atoms with Crippen LogP contribution in [0.15, 0.2) is 18.2 Å². The smallest absolute Gasteiger partial charge is 0.130 e. The molecule has 0 heterocycles. The maximum Gasteiger partial charge on any atom is 0.130 e. The average Bonchev–Trinajstić information content (AvgIpc) is 2.79. The quantitative estimate of drug-likeness (QED) is 0.854. The van der Waals surface area contributed by atoms with Gasteiger partial charge in [0, 0.05) is 11.5 Å². The SMILES string of the molecule is COc1cccc(F)c1C1C(CN)C1(C)C. The van der Waals surface area contributed by atoms with Gasteiger partial charge in [-0.1, -0.05) is 19.9 Å². The highest BCUT2D eigenvalue weighted by Crippen LogP contribution is 2.65. The van der Waals surface area contributed by atoms with Crippen molar-refractivity contribution in [1.82, 2.24) is 0 Å². The van der Waals surface area contributed by atoms with Crippen molar-refractivity contribution in [2.75, 3.05) is 13.7 Å². The van der Waals surface area contributed by atoms with Gasteiger partial charge in [-0.2, -0.15) is 0 Å². The second-order valence-electron chi connectivity index (χ2n) is 5.00. The number of halogens is 1. The molecule has 0 aromatic heterocycles. The predicted molar refractivity (Wildman–Crippen MR) is 62.0 cm³/mol. The Labute approximate surface area is 95.6 Å². The van der Waals surface area contributed by atoms with E-state index < -0.39 is 0 Å². The Bertz CT molecular complexity index is 403. The van der Waals surface area contributed by atoms with E-state index >= 15 is 0 Å². The first-order valence-electron chi connectivity index (χ1n) is 5.56. The van der Waals surface area contributed by atoms with E-state index in [2.05, 4.69) is 13.8 Å². The molecule has 1 aromatic rings. The number of hydrogen-bond donors (Lipinski definition) is 1. The van der Waals surface area contributed by atoms with Crippen molar-refractivity contribution in [2.24, 2.45) is 17.1 Å². The number of nitrogens with two attached hydrogens (primary N) is 1. The van der Waals surface area contributed by atoms with E-state index in [0.717, 1.165) is 0 Å². The van der Waals surface area contributed by atoms with Gasteiger partial charge in [0.1, 0.15) is 11.6 Å². The Morgan fingerprint density at radius 2 is 2.12 bits per heavy atom. The van der Waals surface area contributed by atoms with Gasteiger partial charge in [-0.25, -0.2) is 4.39 Å². The van der Waals surface area contributed by atoms with Crippen LogP contribution >= 0.6 is 0 Å². The number of benzene rings is 1. The van der Waals surface area contributed by atoms with E-state index in [1.165, 1.54) is 6.07 Å². The van der Waals surface area contributed by atoms with Crippen LogP contribution in [0.2, 0.25) is 0 Å². The van der Waals surface area contributed by atoms with E-state index in [1.54, 1.807) is 19.2 Å². The topological polar surface area (TPSA) is 35.2 Å². The van der Waals surface area contributed by atoms with Gasteiger partial charge >= 0.3 is 0 Å². The number of rotatable bonds is 3. The molecule has 2 N–H and O–H groups in total. The number of methoxy groups -OCH3 is 1. The molecule has 2 atom stereocenters. The van der Waals surface area contributed by atoms with Crippen molar-refractivity contribution in [3.8, 4) is 5.75 Å². The van der Waals surface area contributed by atoms with Crippen LogP contribution in [-0.2, 0) is 0 Å². The molecule has 1 aliphatic rings. The third-order valence-electron chi connectivity index (χ3n) is 3.85. The largest absolute Gasteiger partial charge is 0.496 e. The highest BCUT2D eigenvalue weighted by Gasteiger charge is 2.59. The van der Waals surface area contributed by atoms with E-state index in [0.29, 0.717) is 23.8 Å². The number of hydrogen-bond acceptors (Lipinski definition) is 2. The Hall–Kier alpha value is -1.09. The van der Waals surface area contributed by atoms with Gasteiger partial charge in [0.15, 0.2) is 0 Å². The minimum atomic E-state index is -0.187. The zero-order chi connectivity index (χ0) is 11.9. The molecule has 0 bridgehead atoms. The van der Waals surface area contributed by atoms with E-state index in [1.807, 2.05) is 0 Å². The summed E-state index contributed by atoms with van der Waals surface area (Å²) in [6.45, 7) is 4.84.